The summed E-state index contributed by atoms with van der Waals surface area (Å²) in [6, 6.07) is 7.83. The SMILES string of the molecule is CCC(C)N1CCN(c2ccc(C(C)NC)cc2Br)CC1. The number of piperazine rings is 1. The molecule has 4 heteroatoms. The van der Waals surface area contributed by atoms with Gasteiger partial charge in [-0.25, -0.2) is 0 Å². The number of nitrogens with zero attached hydrogens (tertiary/aromatic N) is 2. The lowest BCUT2D eigenvalue weighted by Crippen LogP contribution is -2.49. The Labute approximate surface area is 137 Å². The van der Waals surface area contributed by atoms with Gasteiger partial charge in [0, 0.05) is 42.7 Å². The molecule has 0 saturated carbocycles. The van der Waals surface area contributed by atoms with E-state index in [2.05, 4.69) is 70.0 Å². The van der Waals surface area contributed by atoms with Crippen LogP contribution in [-0.2, 0) is 0 Å². The average molecular weight is 354 g/mol. The van der Waals surface area contributed by atoms with Gasteiger partial charge in [0.2, 0.25) is 0 Å². The van der Waals surface area contributed by atoms with Crippen molar-refractivity contribution in [3.8, 4) is 0 Å². The quantitative estimate of drug-likeness (QED) is 0.871. The molecule has 0 radical (unpaired) electrons. The lowest BCUT2D eigenvalue weighted by Gasteiger charge is -2.39. The predicted molar refractivity (Wildman–Crippen MR) is 95.2 cm³/mol. The highest BCUT2D eigenvalue weighted by Gasteiger charge is 2.21. The molecule has 0 spiro atoms. The fourth-order valence-corrected chi connectivity index (χ4v) is 3.52. The third-order valence-corrected chi connectivity index (χ3v) is 5.41. The predicted octanol–water partition coefficient (Wildman–Crippen LogP) is 3.65. The van der Waals surface area contributed by atoms with Gasteiger partial charge in [-0.1, -0.05) is 13.0 Å². The molecule has 0 bridgehead atoms. The highest BCUT2D eigenvalue weighted by atomic mass is 79.9. The topological polar surface area (TPSA) is 18.5 Å². The number of nitrogens with one attached hydrogen (secondary N) is 1. The molecular weight excluding hydrogens is 326 g/mol. The van der Waals surface area contributed by atoms with Gasteiger partial charge in [-0.2, -0.15) is 0 Å². The largest absolute Gasteiger partial charge is 0.368 e. The maximum atomic E-state index is 3.75. The Morgan fingerprint density at radius 1 is 1.19 bits per heavy atom. The standard InChI is InChI=1S/C17H28BrN3/c1-5-13(2)20-8-10-21(11-9-20)17-7-6-15(12-16(17)18)14(3)19-4/h6-7,12-14,19H,5,8-11H2,1-4H3. The van der Waals surface area contributed by atoms with Crippen LogP contribution in [0.4, 0.5) is 5.69 Å². The molecule has 1 aromatic rings. The van der Waals surface area contributed by atoms with E-state index < -0.39 is 0 Å². The Bertz CT molecular complexity index is 455. The van der Waals surface area contributed by atoms with Crippen molar-refractivity contribution >= 4 is 21.6 Å². The van der Waals surface area contributed by atoms with Crippen LogP contribution in [0.5, 0.6) is 0 Å². The van der Waals surface area contributed by atoms with Gasteiger partial charge in [0.1, 0.15) is 0 Å². The Kier molecular flexibility index (Phi) is 6.08. The first-order valence-electron chi connectivity index (χ1n) is 8.02. The van der Waals surface area contributed by atoms with Gasteiger partial charge in [-0.05, 0) is 60.9 Å². The zero-order valence-electron chi connectivity index (χ0n) is 13.7. The van der Waals surface area contributed by atoms with Crippen molar-refractivity contribution in [3.63, 3.8) is 0 Å². The van der Waals surface area contributed by atoms with E-state index >= 15 is 0 Å². The molecule has 1 fully saturated rings. The van der Waals surface area contributed by atoms with Crippen molar-refractivity contribution in [1.29, 1.82) is 0 Å². The summed E-state index contributed by atoms with van der Waals surface area (Å²) >= 11 is 3.75. The zero-order valence-corrected chi connectivity index (χ0v) is 15.3. The van der Waals surface area contributed by atoms with E-state index in [9.17, 15) is 0 Å². The second kappa shape index (κ2) is 7.61. The molecule has 21 heavy (non-hydrogen) atoms. The van der Waals surface area contributed by atoms with Crippen LogP contribution in [0.25, 0.3) is 0 Å². The fraction of sp³-hybridized carbons (Fsp3) is 0.647. The molecule has 0 amide bonds. The monoisotopic (exact) mass is 353 g/mol. The van der Waals surface area contributed by atoms with E-state index in [0.717, 1.165) is 26.2 Å². The zero-order chi connectivity index (χ0) is 15.4. The van der Waals surface area contributed by atoms with Crippen molar-refractivity contribution in [3.05, 3.63) is 28.2 Å². The van der Waals surface area contributed by atoms with Crippen molar-refractivity contribution in [2.75, 3.05) is 38.1 Å². The van der Waals surface area contributed by atoms with Gasteiger partial charge in [0.15, 0.2) is 0 Å². The van der Waals surface area contributed by atoms with E-state index in [0.29, 0.717) is 12.1 Å². The molecule has 1 aliphatic heterocycles. The fourth-order valence-electron chi connectivity index (χ4n) is 2.88. The van der Waals surface area contributed by atoms with Gasteiger partial charge in [0.05, 0.1) is 5.69 Å². The van der Waals surface area contributed by atoms with E-state index in [1.165, 1.54) is 22.1 Å². The Balaban J connectivity index is 2.03. The number of hydrogen-bond acceptors (Lipinski definition) is 3. The Morgan fingerprint density at radius 3 is 2.38 bits per heavy atom. The van der Waals surface area contributed by atoms with Crippen LogP contribution >= 0.6 is 15.9 Å². The summed E-state index contributed by atoms with van der Waals surface area (Å²) in [6.07, 6.45) is 1.24. The molecular formula is C17H28BrN3. The summed E-state index contributed by atoms with van der Waals surface area (Å²) in [5.74, 6) is 0. The van der Waals surface area contributed by atoms with Gasteiger partial charge in [0.25, 0.3) is 0 Å². The first-order chi connectivity index (χ1) is 10.1. The second-order valence-electron chi connectivity index (χ2n) is 6.00. The van der Waals surface area contributed by atoms with Crippen LogP contribution in [0.15, 0.2) is 22.7 Å². The molecule has 0 aromatic heterocycles. The van der Waals surface area contributed by atoms with Crippen LogP contribution in [0.2, 0.25) is 0 Å². The van der Waals surface area contributed by atoms with E-state index in [1.54, 1.807) is 0 Å². The highest BCUT2D eigenvalue weighted by Crippen LogP contribution is 2.30. The third kappa shape index (κ3) is 3.99. The number of halogens is 1. The molecule has 1 aliphatic rings. The molecule has 0 aliphatic carbocycles. The average Bonchev–Trinajstić information content (AvgIpc) is 2.53. The van der Waals surface area contributed by atoms with Crippen molar-refractivity contribution in [2.24, 2.45) is 0 Å². The first-order valence-corrected chi connectivity index (χ1v) is 8.81. The number of rotatable bonds is 5. The summed E-state index contributed by atoms with van der Waals surface area (Å²) in [4.78, 5) is 5.10. The maximum absolute atomic E-state index is 3.75. The summed E-state index contributed by atoms with van der Waals surface area (Å²) in [5, 5.41) is 3.29. The van der Waals surface area contributed by atoms with Gasteiger partial charge in [-0.3, -0.25) is 4.90 Å². The molecule has 1 heterocycles. The smallest absolute Gasteiger partial charge is 0.0511 e. The van der Waals surface area contributed by atoms with Gasteiger partial charge >= 0.3 is 0 Å². The van der Waals surface area contributed by atoms with E-state index in [4.69, 9.17) is 0 Å². The molecule has 2 rings (SSSR count). The van der Waals surface area contributed by atoms with Crippen LogP contribution < -0.4 is 10.2 Å². The molecule has 3 nitrogen and oxygen atoms in total. The number of benzene rings is 1. The lowest BCUT2D eigenvalue weighted by atomic mass is 10.1. The van der Waals surface area contributed by atoms with E-state index in [1.807, 2.05) is 7.05 Å². The Hall–Kier alpha value is -0.580. The summed E-state index contributed by atoms with van der Waals surface area (Å²) in [6.45, 7) is 11.3. The minimum atomic E-state index is 0.387. The van der Waals surface area contributed by atoms with Crippen LogP contribution in [-0.4, -0.2) is 44.2 Å². The number of hydrogen-bond donors (Lipinski definition) is 1. The summed E-state index contributed by atoms with van der Waals surface area (Å²) < 4.78 is 1.21. The Morgan fingerprint density at radius 2 is 1.86 bits per heavy atom. The lowest BCUT2D eigenvalue weighted by molar-refractivity contribution is 0.193. The van der Waals surface area contributed by atoms with Gasteiger partial charge < -0.3 is 10.2 Å². The minimum absolute atomic E-state index is 0.387. The molecule has 2 unspecified atom stereocenters. The van der Waals surface area contributed by atoms with Crippen molar-refractivity contribution in [1.82, 2.24) is 10.2 Å². The number of anilines is 1. The molecule has 118 valence electrons. The molecule has 1 N–H and O–H groups in total. The van der Waals surface area contributed by atoms with Crippen molar-refractivity contribution in [2.45, 2.75) is 39.3 Å². The summed E-state index contributed by atoms with van der Waals surface area (Å²) in [5.41, 5.74) is 2.65. The van der Waals surface area contributed by atoms with Crippen LogP contribution in [0.3, 0.4) is 0 Å². The summed E-state index contributed by atoms with van der Waals surface area (Å²) in [7, 11) is 2.00. The normalized spacial score (nSPS) is 19.6. The first kappa shape index (κ1) is 16.8. The second-order valence-corrected chi connectivity index (χ2v) is 6.86. The van der Waals surface area contributed by atoms with Crippen molar-refractivity contribution < 1.29 is 0 Å². The molecule has 2 atom stereocenters. The third-order valence-electron chi connectivity index (χ3n) is 4.77. The minimum Gasteiger partial charge on any atom is -0.368 e. The van der Waals surface area contributed by atoms with Crippen LogP contribution in [0, 0.1) is 0 Å². The van der Waals surface area contributed by atoms with E-state index in [-0.39, 0.29) is 0 Å². The van der Waals surface area contributed by atoms with Crippen LogP contribution in [0.1, 0.15) is 38.8 Å². The van der Waals surface area contributed by atoms with Gasteiger partial charge in [-0.15, -0.1) is 0 Å². The maximum Gasteiger partial charge on any atom is 0.0511 e. The molecule has 1 saturated heterocycles. The highest BCUT2D eigenvalue weighted by molar-refractivity contribution is 9.10. The molecule has 1 aromatic carbocycles.